The van der Waals surface area contributed by atoms with E-state index in [-0.39, 0.29) is 49.1 Å². The van der Waals surface area contributed by atoms with Crippen LogP contribution in [0.25, 0.3) is 6.08 Å². The fourth-order valence-corrected chi connectivity index (χ4v) is 8.21. The maximum absolute atomic E-state index is 14.4. The molecule has 0 spiro atoms. The second-order valence-corrected chi connectivity index (χ2v) is 13.9. The van der Waals surface area contributed by atoms with E-state index in [1.165, 1.54) is 29.1 Å². The molecule has 0 saturated heterocycles. The van der Waals surface area contributed by atoms with Gasteiger partial charge in [0.2, 0.25) is 0 Å². The molecule has 0 unspecified atom stereocenters. The third kappa shape index (κ3) is 8.17. The van der Waals surface area contributed by atoms with Crippen LogP contribution in [0.3, 0.4) is 0 Å². The Kier molecular flexibility index (Phi) is 12.1. The van der Waals surface area contributed by atoms with Crippen LogP contribution >= 0.6 is 56.5 Å². The second-order valence-electron chi connectivity index (χ2n) is 10.5. The molecule has 14 heteroatoms. The Morgan fingerprint density at radius 1 is 1.02 bits per heavy atom. The predicted molar refractivity (Wildman–Crippen MR) is 198 cm³/mol. The number of fused-ring (bicyclic) bond motifs is 1. The molecule has 4 aromatic rings. The molecule has 0 radical (unpaired) electrons. The van der Waals surface area contributed by atoms with Crippen molar-refractivity contribution in [2.24, 2.45) is 4.99 Å². The molecule has 49 heavy (non-hydrogen) atoms. The number of benzene rings is 3. The van der Waals surface area contributed by atoms with Gasteiger partial charge < -0.3 is 23.7 Å². The zero-order valence-electron chi connectivity index (χ0n) is 26.9. The lowest BCUT2D eigenvalue weighted by Gasteiger charge is -2.25. The Morgan fingerprint density at radius 2 is 1.80 bits per heavy atom. The number of halogens is 3. The Morgan fingerprint density at radius 3 is 2.51 bits per heavy atom. The number of carbonyl (C=O) groups excluding carboxylic acids is 2. The standard InChI is InChI=1S/C35H31FI2N2O8S/c1-5-45-27-14-20(11-12-26(27)47-18-29(41)44-4)31-30(34(43)46-6-2)19(3)39-35-40(31)33(42)28(49-35)15-22-13-23(37)16-25(38)32(22)48-17-21-9-7-8-10-24(21)36/h7-16,31H,5-6,17-18H2,1-4H3/b28-15+/t31-/m0/s1. The SMILES string of the molecule is CCOC(=O)C1=C(C)N=c2s/c(=C/c3cc(I)cc(I)c3OCc3ccccc3F)c(=O)n2[C@H]1c1ccc(OCC(=O)OC)c(OCC)c1. The molecule has 0 saturated carbocycles. The summed E-state index contributed by atoms with van der Waals surface area (Å²) in [5, 5.41) is 0. The summed E-state index contributed by atoms with van der Waals surface area (Å²) in [6, 6.07) is 14.3. The van der Waals surface area contributed by atoms with E-state index >= 15 is 0 Å². The largest absolute Gasteiger partial charge is 0.490 e. The number of hydrogen-bond acceptors (Lipinski definition) is 10. The first-order valence-electron chi connectivity index (χ1n) is 15.1. The van der Waals surface area contributed by atoms with Gasteiger partial charge in [-0.3, -0.25) is 9.36 Å². The van der Waals surface area contributed by atoms with Crippen molar-refractivity contribution in [1.29, 1.82) is 0 Å². The number of esters is 2. The van der Waals surface area contributed by atoms with Gasteiger partial charge in [0.1, 0.15) is 18.2 Å². The highest BCUT2D eigenvalue weighted by Gasteiger charge is 2.34. The van der Waals surface area contributed by atoms with Gasteiger partial charge in [-0.05, 0) is 108 Å². The average Bonchev–Trinajstić information content (AvgIpc) is 3.37. The lowest BCUT2D eigenvalue weighted by molar-refractivity contribution is -0.143. The fourth-order valence-electron chi connectivity index (χ4n) is 5.13. The van der Waals surface area contributed by atoms with Gasteiger partial charge >= 0.3 is 11.9 Å². The highest BCUT2D eigenvalue weighted by atomic mass is 127. The average molecular weight is 913 g/mol. The maximum Gasteiger partial charge on any atom is 0.343 e. The minimum absolute atomic E-state index is 0.00500. The molecule has 10 nitrogen and oxygen atoms in total. The molecule has 0 aliphatic carbocycles. The van der Waals surface area contributed by atoms with Crippen LogP contribution in [0.2, 0.25) is 0 Å². The summed E-state index contributed by atoms with van der Waals surface area (Å²) in [5.41, 5.74) is 1.78. The van der Waals surface area contributed by atoms with Crippen molar-refractivity contribution < 1.29 is 37.7 Å². The van der Waals surface area contributed by atoms with Crippen molar-refractivity contribution in [3.8, 4) is 17.2 Å². The molecule has 1 atom stereocenters. The van der Waals surface area contributed by atoms with E-state index in [1.54, 1.807) is 63.2 Å². The van der Waals surface area contributed by atoms with Crippen LogP contribution in [-0.4, -0.2) is 43.4 Å². The van der Waals surface area contributed by atoms with Crippen molar-refractivity contribution in [1.82, 2.24) is 4.57 Å². The monoisotopic (exact) mass is 912 g/mol. The predicted octanol–water partition coefficient (Wildman–Crippen LogP) is 5.68. The number of methoxy groups -OCH3 is 1. The molecule has 2 heterocycles. The van der Waals surface area contributed by atoms with Crippen LogP contribution in [0.4, 0.5) is 4.39 Å². The zero-order valence-corrected chi connectivity index (χ0v) is 32.0. The van der Waals surface area contributed by atoms with Crippen LogP contribution in [-0.2, 0) is 25.7 Å². The van der Waals surface area contributed by atoms with Crippen molar-refractivity contribution in [3.05, 3.63) is 115 Å². The van der Waals surface area contributed by atoms with Crippen LogP contribution in [0.1, 0.15) is 43.5 Å². The summed E-state index contributed by atoms with van der Waals surface area (Å²) in [7, 11) is 1.26. The first-order valence-corrected chi connectivity index (χ1v) is 18.0. The lowest BCUT2D eigenvalue weighted by Crippen LogP contribution is -2.40. The maximum atomic E-state index is 14.4. The van der Waals surface area contributed by atoms with Crippen molar-refractivity contribution >= 4 is 74.5 Å². The van der Waals surface area contributed by atoms with Crippen LogP contribution in [0, 0.1) is 13.0 Å². The molecule has 3 aromatic carbocycles. The molecule has 1 aromatic heterocycles. The first kappa shape index (κ1) is 36.5. The van der Waals surface area contributed by atoms with E-state index in [4.69, 9.17) is 18.9 Å². The third-order valence-electron chi connectivity index (χ3n) is 7.33. The van der Waals surface area contributed by atoms with E-state index in [0.29, 0.717) is 43.2 Å². The highest BCUT2D eigenvalue weighted by Crippen LogP contribution is 2.37. The van der Waals surface area contributed by atoms with Crippen molar-refractivity contribution in [2.45, 2.75) is 33.4 Å². The molecule has 0 N–H and O–H groups in total. The van der Waals surface area contributed by atoms with Crippen LogP contribution < -0.4 is 29.1 Å². The van der Waals surface area contributed by atoms with E-state index in [0.717, 1.165) is 7.14 Å². The summed E-state index contributed by atoms with van der Waals surface area (Å²) in [5.74, 6) is -0.444. The molecular formula is C35H31FI2N2O8S. The number of aromatic nitrogens is 1. The van der Waals surface area contributed by atoms with E-state index in [2.05, 4.69) is 54.9 Å². The molecular weight excluding hydrogens is 881 g/mol. The number of nitrogens with zero attached hydrogens (tertiary/aromatic N) is 2. The normalized spacial score (nSPS) is 14.2. The molecule has 256 valence electrons. The van der Waals surface area contributed by atoms with Crippen molar-refractivity contribution in [2.75, 3.05) is 26.9 Å². The number of ether oxygens (including phenoxy) is 5. The summed E-state index contributed by atoms with van der Waals surface area (Å²) in [6.45, 7) is 5.27. The van der Waals surface area contributed by atoms with Gasteiger partial charge in [-0.25, -0.2) is 19.0 Å². The number of rotatable bonds is 12. The molecule has 0 bridgehead atoms. The van der Waals surface area contributed by atoms with E-state index in [1.807, 2.05) is 12.1 Å². The molecule has 0 amide bonds. The Bertz CT molecular complexity index is 2130. The minimum Gasteiger partial charge on any atom is -0.490 e. The summed E-state index contributed by atoms with van der Waals surface area (Å²) in [6.07, 6.45) is 1.72. The quantitative estimate of drug-likeness (QED) is 0.132. The van der Waals surface area contributed by atoms with E-state index in [9.17, 15) is 18.8 Å². The summed E-state index contributed by atoms with van der Waals surface area (Å²) in [4.78, 5) is 44.5. The van der Waals surface area contributed by atoms with Gasteiger partial charge in [0.05, 0.1) is 45.7 Å². The lowest BCUT2D eigenvalue weighted by atomic mass is 9.95. The Labute approximate surface area is 312 Å². The van der Waals surface area contributed by atoms with Gasteiger partial charge in [0.25, 0.3) is 5.56 Å². The minimum atomic E-state index is -0.917. The molecule has 0 fully saturated rings. The number of thiazole rings is 1. The third-order valence-corrected chi connectivity index (χ3v) is 9.73. The highest BCUT2D eigenvalue weighted by molar-refractivity contribution is 14.1. The van der Waals surface area contributed by atoms with Gasteiger partial charge in [0, 0.05) is 14.7 Å². The van der Waals surface area contributed by atoms with Crippen LogP contribution in [0.5, 0.6) is 17.2 Å². The Balaban J connectivity index is 1.65. The smallest absolute Gasteiger partial charge is 0.343 e. The molecule has 5 rings (SSSR count). The van der Waals surface area contributed by atoms with Crippen molar-refractivity contribution in [3.63, 3.8) is 0 Å². The summed E-state index contributed by atoms with van der Waals surface area (Å²) >= 11 is 5.52. The van der Waals surface area contributed by atoms with Crippen LogP contribution in [0.15, 0.2) is 75.7 Å². The number of hydrogen-bond donors (Lipinski definition) is 0. The summed E-state index contributed by atoms with van der Waals surface area (Å²) < 4.78 is 45.6. The molecule has 1 aliphatic rings. The van der Waals surface area contributed by atoms with Gasteiger partial charge in [-0.1, -0.05) is 35.6 Å². The van der Waals surface area contributed by atoms with E-state index < -0.39 is 18.0 Å². The van der Waals surface area contributed by atoms with Gasteiger partial charge in [-0.15, -0.1) is 0 Å². The topological polar surface area (TPSA) is 115 Å². The number of carbonyl (C=O) groups is 2. The first-order chi connectivity index (χ1) is 23.6. The zero-order chi connectivity index (χ0) is 35.2. The molecule has 1 aliphatic heterocycles. The second kappa shape index (κ2) is 16.3. The van der Waals surface area contributed by atoms with Gasteiger partial charge in [-0.2, -0.15) is 0 Å². The van der Waals surface area contributed by atoms with Gasteiger partial charge in [0.15, 0.2) is 22.9 Å². The fraction of sp³-hybridized carbons (Fsp3) is 0.257. The number of allylic oxidation sites excluding steroid dienone is 1. The Hall–Kier alpha value is -3.77.